The molecule has 1 amide bonds. The van der Waals surface area contributed by atoms with Gasteiger partial charge < -0.3 is 9.64 Å². The Bertz CT molecular complexity index is 834. The predicted octanol–water partition coefficient (Wildman–Crippen LogP) is 2.43. The highest BCUT2D eigenvalue weighted by Crippen LogP contribution is 2.31. The van der Waals surface area contributed by atoms with Gasteiger partial charge in [0, 0.05) is 32.2 Å². The van der Waals surface area contributed by atoms with E-state index in [-0.39, 0.29) is 29.6 Å². The highest BCUT2D eigenvalue weighted by atomic mass is 32.2. The van der Waals surface area contributed by atoms with Crippen LogP contribution in [-0.2, 0) is 14.8 Å². The van der Waals surface area contributed by atoms with Crippen LogP contribution in [-0.4, -0.2) is 61.2 Å². The van der Waals surface area contributed by atoms with Gasteiger partial charge in [-0.3, -0.25) is 14.9 Å². The van der Waals surface area contributed by atoms with Crippen LogP contribution in [0.4, 0.5) is 5.69 Å². The zero-order valence-electron chi connectivity index (χ0n) is 16.7. The third kappa shape index (κ3) is 5.77. The van der Waals surface area contributed by atoms with E-state index in [4.69, 9.17) is 4.74 Å². The smallest absolute Gasteiger partial charge is 0.312 e. The molecular weight excluding hydrogens is 386 g/mol. The summed E-state index contributed by atoms with van der Waals surface area (Å²) in [5, 5.41) is 11.4. The van der Waals surface area contributed by atoms with E-state index in [2.05, 4.69) is 6.58 Å². The van der Waals surface area contributed by atoms with Gasteiger partial charge in [-0.05, 0) is 26.0 Å². The second kappa shape index (κ2) is 10.2. The Morgan fingerprint density at radius 1 is 1.21 bits per heavy atom. The summed E-state index contributed by atoms with van der Waals surface area (Å²) < 4.78 is 31.7. The molecule has 0 aromatic heterocycles. The summed E-state index contributed by atoms with van der Waals surface area (Å²) in [7, 11) is -3.85. The molecule has 0 saturated carbocycles. The molecule has 10 heteroatoms. The van der Waals surface area contributed by atoms with Crippen molar-refractivity contribution < 1.29 is 22.9 Å². The third-order valence-corrected chi connectivity index (χ3v) is 6.06. The number of sulfonamides is 1. The van der Waals surface area contributed by atoms with Gasteiger partial charge in [0.25, 0.3) is 5.91 Å². The van der Waals surface area contributed by atoms with Crippen LogP contribution >= 0.6 is 0 Å². The number of nitro benzene ring substituents is 1. The second-order valence-corrected chi connectivity index (χ2v) is 8.07. The summed E-state index contributed by atoms with van der Waals surface area (Å²) in [5.41, 5.74) is 0.288. The Hall–Kier alpha value is -2.46. The summed E-state index contributed by atoms with van der Waals surface area (Å²) in [5.74, 6) is -0.511. The second-order valence-electron chi connectivity index (χ2n) is 6.13. The van der Waals surface area contributed by atoms with Crippen LogP contribution in [0, 0.1) is 10.1 Å². The van der Waals surface area contributed by atoms with Gasteiger partial charge in [-0.25, -0.2) is 8.42 Å². The quantitative estimate of drug-likeness (QED) is 0.313. The van der Waals surface area contributed by atoms with Crippen LogP contribution in [0.3, 0.4) is 0 Å². The lowest BCUT2D eigenvalue weighted by Gasteiger charge is -2.21. The fourth-order valence-electron chi connectivity index (χ4n) is 2.57. The van der Waals surface area contributed by atoms with E-state index in [0.717, 1.165) is 11.6 Å². The number of hydrogen-bond acceptors (Lipinski definition) is 6. The van der Waals surface area contributed by atoms with Crippen LogP contribution in [0.2, 0.25) is 0 Å². The molecule has 28 heavy (non-hydrogen) atoms. The lowest BCUT2D eigenvalue weighted by atomic mass is 10.3. The summed E-state index contributed by atoms with van der Waals surface area (Å²) in [4.78, 5) is 24.2. The molecule has 0 aliphatic carbocycles. The lowest BCUT2D eigenvalue weighted by Crippen LogP contribution is -2.35. The molecule has 156 valence electrons. The van der Waals surface area contributed by atoms with Crippen LogP contribution in [0.1, 0.15) is 27.7 Å². The predicted molar refractivity (Wildman–Crippen MR) is 106 cm³/mol. The van der Waals surface area contributed by atoms with Crippen LogP contribution in [0.5, 0.6) is 5.75 Å². The maximum Gasteiger partial charge on any atom is 0.312 e. The first-order chi connectivity index (χ1) is 13.1. The first kappa shape index (κ1) is 23.6. The van der Waals surface area contributed by atoms with Crippen molar-refractivity contribution >= 4 is 21.6 Å². The number of hydrogen-bond donors (Lipinski definition) is 0. The van der Waals surface area contributed by atoms with Crippen molar-refractivity contribution in [3.05, 3.63) is 40.5 Å². The maximum atomic E-state index is 12.6. The molecule has 0 aliphatic heterocycles. The van der Waals surface area contributed by atoms with E-state index in [1.807, 2.05) is 0 Å². The highest BCUT2D eigenvalue weighted by molar-refractivity contribution is 7.89. The largest absolute Gasteiger partial charge is 0.477 e. The standard InChI is InChI=1S/C18H27N3O6S/c1-6-19(12-14(4)5)18(22)13-27-17-10-9-15(11-16(17)21(23)24)28(25,26)20(7-2)8-3/h9-11H,4,6-8,12-13H2,1-3,5H3. The van der Waals surface area contributed by atoms with Crippen LogP contribution in [0.25, 0.3) is 0 Å². The molecule has 0 radical (unpaired) electrons. The molecule has 1 aromatic carbocycles. The fraction of sp³-hybridized carbons (Fsp3) is 0.500. The Labute approximate surface area is 165 Å². The molecule has 1 rings (SSSR count). The van der Waals surface area contributed by atoms with Gasteiger partial charge in [0.15, 0.2) is 12.4 Å². The summed E-state index contributed by atoms with van der Waals surface area (Å²) in [6, 6.07) is 3.40. The van der Waals surface area contributed by atoms with Crippen molar-refractivity contribution in [3.63, 3.8) is 0 Å². The maximum absolute atomic E-state index is 12.6. The molecule has 0 fully saturated rings. The number of nitro groups is 1. The minimum Gasteiger partial charge on any atom is -0.477 e. The Morgan fingerprint density at radius 2 is 1.82 bits per heavy atom. The monoisotopic (exact) mass is 413 g/mol. The van der Waals surface area contributed by atoms with E-state index in [0.29, 0.717) is 13.1 Å². The normalized spacial score (nSPS) is 11.3. The van der Waals surface area contributed by atoms with Gasteiger partial charge in [0.1, 0.15) is 0 Å². The summed E-state index contributed by atoms with van der Waals surface area (Å²) >= 11 is 0. The molecule has 0 aliphatic rings. The van der Waals surface area contributed by atoms with Crippen molar-refractivity contribution in [2.24, 2.45) is 0 Å². The van der Waals surface area contributed by atoms with Gasteiger partial charge in [-0.15, -0.1) is 0 Å². The fourth-order valence-corrected chi connectivity index (χ4v) is 4.05. The zero-order chi connectivity index (χ0) is 21.5. The number of rotatable bonds is 11. The lowest BCUT2D eigenvalue weighted by molar-refractivity contribution is -0.386. The van der Waals surface area contributed by atoms with Crippen LogP contribution in [0.15, 0.2) is 35.2 Å². The van der Waals surface area contributed by atoms with Gasteiger partial charge in [-0.1, -0.05) is 26.0 Å². The Kier molecular flexibility index (Phi) is 8.58. The van der Waals surface area contributed by atoms with E-state index < -0.39 is 27.2 Å². The molecular formula is C18H27N3O6S. The average Bonchev–Trinajstić information content (AvgIpc) is 2.64. The minimum absolute atomic E-state index is 0.164. The van der Waals surface area contributed by atoms with E-state index in [1.54, 1.807) is 27.7 Å². The van der Waals surface area contributed by atoms with E-state index >= 15 is 0 Å². The van der Waals surface area contributed by atoms with Crippen molar-refractivity contribution in [2.45, 2.75) is 32.6 Å². The number of carbonyl (C=O) groups is 1. The van der Waals surface area contributed by atoms with Crippen molar-refractivity contribution in [1.82, 2.24) is 9.21 Å². The summed E-state index contributed by atoms with van der Waals surface area (Å²) in [6.45, 7) is 11.6. The molecule has 0 saturated heterocycles. The SMILES string of the molecule is C=C(C)CN(CC)C(=O)COc1ccc(S(=O)(=O)N(CC)CC)cc1[N+](=O)[O-]. The van der Waals surface area contributed by atoms with Gasteiger partial charge in [0.2, 0.25) is 10.0 Å². The number of benzene rings is 1. The first-order valence-electron chi connectivity index (χ1n) is 8.91. The Morgan fingerprint density at radius 3 is 2.29 bits per heavy atom. The first-order valence-corrected chi connectivity index (χ1v) is 10.4. The molecule has 0 bridgehead atoms. The highest BCUT2D eigenvalue weighted by Gasteiger charge is 2.26. The number of amides is 1. The number of ether oxygens (including phenoxy) is 1. The van der Waals surface area contributed by atoms with Crippen molar-refractivity contribution in [3.8, 4) is 5.75 Å². The van der Waals surface area contributed by atoms with Gasteiger partial charge in [-0.2, -0.15) is 4.31 Å². The zero-order valence-corrected chi connectivity index (χ0v) is 17.5. The van der Waals surface area contributed by atoms with Gasteiger partial charge in [0.05, 0.1) is 9.82 Å². The average molecular weight is 413 g/mol. The number of nitrogens with zero attached hydrogens (tertiary/aromatic N) is 3. The molecule has 0 atom stereocenters. The van der Waals surface area contributed by atoms with E-state index in [1.165, 1.54) is 21.3 Å². The van der Waals surface area contributed by atoms with E-state index in [9.17, 15) is 23.3 Å². The molecule has 0 heterocycles. The third-order valence-electron chi connectivity index (χ3n) is 4.02. The number of likely N-dealkylation sites (N-methyl/N-ethyl adjacent to an activating group) is 1. The molecule has 0 unspecified atom stereocenters. The minimum atomic E-state index is -3.85. The van der Waals surface area contributed by atoms with Crippen molar-refractivity contribution in [2.75, 3.05) is 32.8 Å². The van der Waals surface area contributed by atoms with Crippen molar-refractivity contribution in [1.29, 1.82) is 0 Å². The molecule has 0 spiro atoms. The summed E-state index contributed by atoms with van der Waals surface area (Å²) in [6.07, 6.45) is 0. The molecule has 9 nitrogen and oxygen atoms in total. The number of carbonyl (C=O) groups excluding carboxylic acids is 1. The molecule has 1 aromatic rings. The van der Waals surface area contributed by atoms with Crippen LogP contribution < -0.4 is 4.74 Å². The topological polar surface area (TPSA) is 110 Å². The Balaban J connectivity index is 3.11. The van der Waals surface area contributed by atoms with Gasteiger partial charge >= 0.3 is 5.69 Å². The molecule has 0 N–H and O–H groups in total.